The molecule has 0 saturated heterocycles. The third kappa shape index (κ3) is 2.11. The predicted octanol–water partition coefficient (Wildman–Crippen LogP) is 1.97. The predicted molar refractivity (Wildman–Crippen MR) is 57.3 cm³/mol. The summed E-state index contributed by atoms with van der Waals surface area (Å²) in [5.74, 6) is 0.905. The van der Waals surface area contributed by atoms with Crippen molar-refractivity contribution in [3.05, 3.63) is 28.8 Å². The summed E-state index contributed by atoms with van der Waals surface area (Å²) in [6.07, 6.45) is 3.77. The van der Waals surface area contributed by atoms with Crippen LogP contribution in [-0.4, -0.2) is 14.8 Å². The van der Waals surface area contributed by atoms with Gasteiger partial charge >= 0.3 is 0 Å². The van der Waals surface area contributed by atoms with Crippen molar-refractivity contribution in [3.8, 4) is 0 Å². The summed E-state index contributed by atoms with van der Waals surface area (Å²) in [7, 11) is 0. The Bertz CT molecular complexity index is 379. The number of aromatic nitrogens is 3. The van der Waals surface area contributed by atoms with E-state index in [0.717, 1.165) is 23.9 Å². The Hall–Kier alpha value is -1.36. The molecule has 74 valence electrons. The topological polar surface area (TPSA) is 42.7 Å². The summed E-state index contributed by atoms with van der Waals surface area (Å²) in [5.41, 5.74) is 0. The molecule has 14 heavy (non-hydrogen) atoms. The summed E-state index contributed by atoms with van der Waals surface area (Å²) in [6.45, 7) is 3.72. The van der Waals surface area contributed by atoms with Crippen LogP contribution >= 0.6 is 11.3 Å². The van der Waals surface area contributed by atoms with Crippen LogP contribution in [0.2, 0.25) is 0 Å². The molecule has 2 aromatic rings. The zero-order valence-electron chi connectivity index (χ0n) is 7.97. The number of thiazole rings is 1. The number of rotatable bonds is 4. The molecule has 4 nitrogen and oxygen atoms in total. The molecule has 0 fully saturated rings. The molecular formula is C9H12N4S. The van der Waals surface area contributed by atoms with Gasteiger partial charge in [-0.3, -0.25) is 4.68 Å². The summed E-state index contributed by atoms with van der Waals surface area (Å²) < 4.78 is 1.89. The maximum atomic E-state index is 4.31. The fourth-order valence-corrected chi connectivity index (χ4v) is 1.69. The van der Waals surface area contributed by atoms with Gasteiger partial charge in [0.1, 0.15) is 10.8 Å². The molecule has 0 aromatic carbocycles. The van der Waals surface area contributed by atoms with E-state index in [4.69, 9.17) is 0 Å². The highest BCUT2D eigenvalue weighted by Gasteiger charge is 1.98. The second kappa shape index (κ2) is 4.23. The summed E-state index contributed by atoms with van der Waals surface area (Å²) in [4.78, 5) is 4.18. The molecule has 5 heteroatoms. The number of hydrogen-bond donors (Lipinski definition) is 1. The van der Waals surface area contributed by atoms with Gasteiger partial charge in [0.25, 0.3) is 0 Å². The van der Waals surface area contributed by atoms with Crippen LogP contribution in [0, 0.1) is 0 Å². The van der Waals surface area contributed by atoms with Crippen LogP contribution in [0.5, 0.6) is 0 Å². The smallest absolute Gasteiger partial charge is 0.148 e. The monoisotopic (exact) mass is 208 g/mol. The second-order valence-corrected chi connectivity index (χ2v) is 3.82. The van der Waals surface area contributed by atoms with E-state index in [1.165, 1.54) is 0 Å². The molecule has 0 aliphatic heterocycles. The highest BCUT2D eigenvalue weighted by atomic mass is 32.1. The number of aryl methyl sites for hydroxylation is 1. The van der Waals surface area contributed by atoms with Gasteiger partial charge in [-0.2, -0.15) is 5.10 Å². The number of nitrogens with one attached hydrogen (secondary N) is 1. The largest absolute Gasteiger partial charge is 0.362 e. The maximum absolute atomic E-state index is 4.31. The molecule has 0 spiro atoms. The van der Waals surface area contributed by atoms with Crippen LogP contribution in [0.3, 0.4) is 0 Å². The minimum Gasteiger partial charge on any atom is -0.362 e. The number of anilines is 1. The zero-order chi connectivity index (χ0) is 9.80. The van der Waals surface area contributed by atoms with Crippen LogP contribution < -0.4 is 5.32 Å². The van der Waals surface area contributed by atoms with Gasteiger partial charge in [0.05, 0.1) is 6.54 Å². The van der Waals surface area contributed by atoms with Gasteiger partial charge < -0.3 is 5.32 Å². The third-order valence-electron chi connectivity index (χ3n) is 1.87. The van der Waals surface area contributed by atoms with Crippen molar-refractivity contribution in [1.82, 2.24) is 14.8 Å². The van der Waals surface area contributed by atoms with Crippen LogP contribution in [0.15, 0.2) is 23.8 Å². The Morgan fingerprint density at radius 3 is 3.14 bits per heavy atom. The molecule has 1 N–H and O–H groups in total. The first-order chi connectivity index (χ1) is 6.88. The van der Waals surface area contributed by atoms with E-state index in [1.807, 2.05) is 28.5 Å². The molecule has 2 heterocycles. The normalized spacial score (nSPS) is 10.4. The first-order valence-corrected chi connectivity index (χ1v) is 5.42. The van der Waals surface area contributed by atoms with Crippen LogP contribution in [0.25, 0.3) is 0 Å². The van der Waals surface area contributed by atoms with E-state index in [0.29, 0.717) is 0 Å². The quantitative estimate of drug-likeness (QED) is 0.835. The van der Waals surface area contributed by atoms with Crippen molar-refractivity contribution in [2.75, 3.05) is 5.32 Å². The fourth-order valence-electron chi connectivity index (χ4n) is 1.14. The Kier molecular flexibility index (Phi) is 2.78. The minimum atomic E-state index is 0.748. The van der Waals surface area contributed by atoms with Crippen molar-refractivity contribution in [1.29, 1.82) is 0 Å². The van der Waals surface area contributed by atoms with Crippen molar-refractivity contribution >= 4 is 17.2 Å². The van der Waals surface area contributed by atoms with Gasteiger partial charge in [0.2, 0.25) is 0 Å². The molecule has 0 saturated carbocycles. The summed E-state index contributed by atoms with van der Waals surface area (Å²) in [5, 5.41) is 10.6. The maximum Gasteiger partial charge on any atom is 0.148 e. The van der Waals surface area contributed by atoms with Gasteiger partial charge in [-0.1, -0.05) is 0 Å². The van der Waals surface area contributed by atoms with E-state index in [9.17, 15) is 0 Å². The lowest BCUT2D eigenvalue weighted by molar-refractivity contribution is 0.661. The second-order valence-electron chi connectivity index (χ2n) is 2.84. The average molecular weight is 208 g/mol. The lowest BCUT2D eigenvalue weighted by Gasteiger charge is -1.98. The lowest BCUT2D eigenvalue weighted by Crippen LogP contribution is -2.01. The lowest BCUT2D eigenvalue weighted by atomic mass is 10.6. The van der Waals surface area contributed by atoms with Gasteiger partial charge in [-0.25, -0.2) is 4.98 Å². The first-order valence-electron chi connectivity index (χ1n) is 4.54. The van der Waals surface area contributed by atoms with Crippen LogP contribution in [0.1, 0.15) is 11.9 Å². The van der Waals surface area contributed by atoms with Crippen molar-refractivity contribution in [2.45, 2.75) is 20.0 Å². The van der Waals surface area contributed by atoms with Gasteiger partial charge in [-0.05, 0) is 6.92 Å². The van der Waals surface area contributed by atoms with E-state index in [-0.39, 0.29) is 0 Å². The fraction of sp³-hybridized carbons (Fsp3) is 0.333. The van der Waals surface area contributed by atoms with E-state index in [2.05, 4.69) is 22.3 Å². The van der Waals surface area contributed by atoms with Crippen molar-refractivity contribution in [3.63, 3.8) is 0 Å². The Balaban J connectivity index is 1.92. The third-order valence-corrected chi connectivity index (χ3v) is 2.65. The Morgan fingerprint density at radius 1 is 1.57 bits per heavy atom. The SMILES string of the molecule is CCn1ccc(NCc2nccs2)n1. The molecule has 0 aliphatic rings. The molecule has 0 atom stereocenters. The molecule has 2 rings (SSSR count). The first kappa shape index (κ1) is 9.21. The van der Waals surface area contributed by atoms with Crippen molar-refractivity contribution in [2.24, 2.45) is 0 Å². The molecule has 0 aliphatic carbocycles. The standard InChI is InChI=1S/C9H12N4S/c1-2-13-5-3-8(12-13)11-7-9-10-4-6-14-9/h3-6H,2,7H2,1H3,(H,11,12). The molecule has 0 bridgehead atoms. The molecule has 2 aromatic heterocycles. The van der Waals surface area contributed by atoms with E-state index >= 15 is 0 Å². The highest BCUT2D eigenvalue weighted by molar-refractivity contribution is 7.09. The number of hydrogen-bond acceptors (Lipinski definition) is 4. The molecule has 0 unspecified atom stereocenters. The van der Waals surface area contributed by atoms with Crippen LogP contribution in [-0.2, 0) is 13.1 Å². The highest BCUT2D eigenvalue weighted by Crippen LogP contribution is 2.08. The zero-order valence-corrected chi connectivity index (χ0v) is 8.79. The molecule has 0 radical (unpaired) electrons. The Morgan fingerprint density at radius 2 is 2.50 bits per heavy atom. The van der Waals surface area contributed by atoms with Gasteiger partial charge in [-0.15, -0.1) is 11.3 Å². The van der Waals surface area contributed by atoms with Gasteiger partial charge in [0.15, 0.2) is 0 Å². The van der Waals surface area contributed by atoms with Gasteiger partial charge in [0, 0.05) is 30.4 Å². The summed E-state index contributed by atoms with van der Waals surface area (Å²) >= 11 is 1.65. The van der Waals surface area contributed by atoms with E-state index in [1.54, 1.807) is 11.3 Å². The van der Waals surface area contributed by atoms with E-state index < -0.39 is 0 Å². The average Bonchev–Trinajstić information content (AvgIpc) is 2.86. The minimum absolute atomic E-state index is 0.748. The van der Waals surface area contributed by atoms with Crippen molar-refractivity contribution < 1.29 is 0 Å². The molecular weight excluding hydrogens is 196 g/mol. The summed E-state index contributed by atoms with van der Waals surface area (Å²) in [6, 6.07) is 1.97. The molecule has 0 amide bonds. The Labute approximate surface area is 86.6 Å². The number of nitrogens with zero attached hydrogens (tertiary/aromatic N) is 3. The van der Waals surface area contributed by atoms with Crippen LogP contribution in [0.4, 0.5) is 5.82 Å².